The Bertz CT molecular complexity index is 660. The number of nitrogen functional groups attached to an aromatic ring is 1. The van der Waals surface area contributed by atoms with Gasteiger partial charge in [0.25, 0.3) is 0 Å². The molecular weight excluding hydrogens is 240 g/mol. The van der Waals surface area contributed by atoms with Crippen LogP contribution in [-0.2, 0) is 16.6 Å². The van der Waals surface area contributed by atoms with E-state index in [0.29, 0.717) is 12.2 Å². The van der Waals surface area contributed by atoms with Gasteiger partial charge in [0.15, 0.2) is 0 Å². The van der Waals surface area contributed by atoms with Crippen molar-refractivity contribution >= 4 is 26.7 Å². The summed E-state index contributed by atoms with van der Waals surface area (Å²) in [5, 5.41) is 4.99. The van der Waals surface area contributed by atoms with Crippen LogP contribution in [0.2, 0.25) is 0 Å². The molecule has 0 amide bonds. The number of imidazole rings is 1. The zero-order valence-corrected chi connectivity index (χ0v) is 10.2. The molecule has 0 saturated carbocycles. The maximum atomic E-state index is 11.0. The number of primary sulfonamides is 1. The van der Waals surface area contributed by atoms with E-state index in [9.17, 15) is 8.42 Å². The number of aromatic nitrogens is 2. The highest BCUT2D eigenvalue weighted by molar-refractivity contribution is 7.89. The Kier molecular flexibility index (Phi) is 2.80. The molecule has 17 heavy (non-hydrogen) atoms. The normalized spacial score (nSPS) is 12.1. The van der Waals surface area contributed by atoms with Crippen LogP contribution < -0.4 is 10.9 Å². The molecule has 2 aromatic rings. The quantitative estimate of drug-likeness (QED) is 0.764. The van der Waals surface area contributed by atoms with Crippen LogP contribution in [0, 0.1) is 6.92 Å². The van der Waals surface area contributed by atoms with Crippen LogP contribution in [0.15, 0.2) is 18.2 Å². The lowest BCUT2D eigenvalue weighted by atomic mass is 10.3. The van der Waals surface area contributed by atoms with E-state index < -0.39 is 10.0 Å². The highest BCUT2D eigenvalue weighted by Gasteiger charge is 2.10. The number of sulfonamides is 1. The van der Waals surface area contributed by atoms with E-state index in [4.69, 9.17) is 10.9 Å². The van der Waals surface area contributed by atoms with E-state index in [1.54, 1.807) is 12.1 Å². The molecular formula is C10H14N4O2S. The van der Waals surface area contributed by atoms with Crippen LogP contribution in [0.5, 0.6) is 0 Å². The van der Waals surface area contributed by atoms with Crippen LogP contribution >= 0.6 is 0 Å². The van der Waals surface area contributed by atoms with E-state index >= 15 is 0 Å². The molecule has 1 aromatic heterocycles. The van der Waals surface area contributed by atoms with Crippen molar-refractivity contribution in [3.05, 3.63) is 24.0 Å². The Hall–Kier alpha value is -1.60. The van der Waals surface area contributed by atoms with Gasteiger partial charge >= 0.3 is 0 Å². The molecule has 0 aliphatic heterocycles. The van der Waals surface area contributed by atoms with Crippen LogP contribution in [0.25, 0.3) is 11.0 Å². The second kappa shape index (κ2) is 4.01. The smallest absolute Gasteiger partial charge is 0.210 e. The fraction of sp³-hybridized carbons (Fsp3) is 0.300. The Morgan fingerprint density at radius 2 is 2.12 bits per heavy atom. The second-order valence-electron chi connectivity index (χ2n) is 3.93. The van der Waals surface area contributed by atoms with Crippen LogP contribution in [0.4, 0.5) is 5.69 Å². The zero-order valence-electron chi connectivity index (χ0n) is 9.42. The summed E-state index contributed by atoms with van der Waals surface area (Å²) < 4.78 is 23.7. The molecule has 6 nitrogen and oxygen atoms in total. The first-order chi connectivity index (χ1) is 7.87. The fourth-order valence-electron chi connectivity index (χ4n) is 1.77. The predicted molar refractivity (Wildman–Crippen MR) is 66.9 cm³/mol. The number of rotatable bonds is 3. The first kappa shape index (κ1) is 11.9. The van der Waals surface area contributed by atoms with Gasteiger partial charge in [-0.05, 0) is 25.1 Å². The predicted octanol–water partition coefficient (Wildman–Crippen LogP) is 0.215. The largest absolute Gasteiger partial charge is 0.399 e. The summed E-state index contributed by atoms with van der Waals surface area (Å²) in [5.41, 5.74) is 7.92. The van der Waals surface area contributed by atoms with Gasteiger partial charge in [0.1, 0.15) is 5.82 Å². The first-order valence-corrected chi connectivity index (χ1v) is 6.81. The number of hydrogen-bond acceptors (Lipinski definition) is 4. The summed E-state index contributed by atoms with van der Waals surface area (Å²) >= 11 is 0. The minimum absolute atomic E-state index is 0.107. The highest BCUT2D eigenvalue weighted by atomic mass is 32.2. The average Bonchev–Trinajstić information content (AvgIpc) is 2.48. The van der Waals surface area contributed by atoms with Gasteiger partial charge in [-0.25, -0.2) is 18.5 Å². The maximum absolute atomic E-state index is 11.0. The molecule has 92 valence electrons. The molecule has 0 bridgehead atoms. The lowest BCUT2D eigenvalue weighted by Gasteiger charge is -2.05. The number of benzene rings is 1. The van der Waals surface area contributed by atoms with Crippen molar-refractivity contribution in [1.82, 2.24) is 9.55 Å². The van der Waals surface area contributed by atoms with Crippen LogP contribution in [0.3, 0.4) is 0 Å². The van der Waals surface area contributed by atoms with Gasteiger partial charge < -0.3 is 10.3 Å². The summed E-state index contributed by atoms with van der Waals surface area (Å²) in [4.78, 5) is 4.32. The maximum Gasteiger partial charge on any atom is 0.210 e. The molecule has 4 N–H and O–H groups in total. The molecule has 0 aliphatic carbocycles. The Morgan fingerprint density at radius 1 is 1.41 bits per heavy atom. The lowest BCUT2D eigenvalue weighted by molar-refractivity contribution is 0.590. The molecule has 0 atom stereocenters. The standard InChI is InChI=1S/C10H14N4O2S/c1-7-13-9-6-8(11)2-3-10(9)14(7)4-5-17(12,15)16/h2-3,6H,4-5,11H2,1H3,(H2,12,15,16). The van der Waals surface area contributed by atoms with Gasteiger partial charge in [-0.15, -0.1) is 0 Å². The summed E-state index contributed by atoms with van der Waals surface area (Å²) in [5.74, 6) is 0.637. The van der Waals surface area contributed by atoms with Crippen molar-refractivity contribution in [2.45, 2.75) is 13.5 Å². The second-order valence-corrected chi connectivity index (χ2v) is 5.66. The van der Waals surface area contributed by atoms with Gasteiger partial charge in [-0.2, -0.15) is 0 Å². The summed E-state index contributed by atoms with van der Waals surface area (Å²) in [7, 11) is -3.47. The number of aryl methyl sites for hydroxylation is 2. The summed E-state index contributed by atoms with van der Waals surface area (Å²) in [6, 6.07) is 5.35. The van der Waals surface area contributed by atoms with Crippen LogP contribution in [-0.4, -0.2) is 23.7 Å². The third-order valence-electron chi connectivity index (χ3n) is 2.56. The zero-order chi connectivity index (χ0) is 12.6. The van der Waals surface area contributed by atoms with Crippen molar-refractivity contribution in [1.29, 1.82) is 0 Å². The molecule has 0 aliphatic rings. The van der Waals surface area contributed by atoms with Crippen molar-refractivity contribution in [3.8, 4) is 0 Å². The van der Waals surface area contributed by atoms with E-state index in [0.717, 1.165) is 16.9 Å². The molecule has 2 rings (SSSR count). The highest BCUT2D eigenvalue weighted by Crippen LogP contribution is 2.18. The molecule has 7 heteroatoms. The number of anilines is 1. The van der Waals surface area contributed by atoms with Crippen molar-refractivity contribution in [2.24, 2.45) is 5.14 Å². The van der Waals surface area contributed by atoms with Crippen molar-refractivity contribution < 1.29 is 8.42 Å². The topological polar surface area (TPSA) is 104 Å². The Balaban J connectivity index is 2.43. The number of nitrogens with zero attached hydrogens (tertiary/aromatic N) is 2. The molecule has 0 saturated heterocycles. The van der Waals surface area contributed by atoms with E-state index in [1.165, 1.54) is 0 Å². The average molecular weight is 254 g/mol. The monoisotopic (exact) mass is 254 g/mol. The van der Waals surface area contributed by atoms with Gasteiger partial charge in [0.2, 0.25) is 10.0 Å². The number of fused-ring (bicyclic) bond motifs is 1. The minimum atomic E-state index is -3.47. The molecule has 1 heterocycles. The summed E-state index contributed by atoms with van der Waals surface area (Å²) in [6.07, 6.45) is 0. The van der Waals surface area contributed by atoms with Gasteiger partial charge in [-0.1, -0.05) is 0 Å². The molecule has 1 aromatic carbocycles. The molecule has 0 spiro atoms. The van der Waals surface area contributed by atoms with Crippen molar-refractivity contribution in [3.63, 3.8) is 0 Å². The SMILES string of the molecule is Cc1nc2cc(N)ccc2n1CCS(N)(=O)=O. The molecule has 0 radical (unpaired) electrons. The van der Waals surface area contributed by atoms with Gasteiger partial charge in [0.05, 0.1) is 16.8 Å². The third kappa shape index (κ3) is 2.56. The Morgan fingerprint density at radius 3 is 2.76 bits per heavy atom. The van der Waals surface area contributed by atoms with Crippen LogP contribution in [0.1, 0.15) is 5.82 Å². The van der Waals surface area contributed by atoms with Gasteiger partial charge in [-0.3, -0.25) is 0 Å². The number of nitrogens with two attached hydrogens (primary N) is 2. The first-order valence-electron chi connectivity index (χ1n) is 5.10. The Labute approximate surface area is 99.3 Å². The van der Waals surface area contributed by atoms with E-state index in [1.807, 2.05) is 17.6 Å². The third-order valence-corrected chi connectivity index (χ3v) is 3.31. The van der Waals surface area contributed by atoms with E-state index in [2.05, 4.69) is 4.98 Å². The van der Waals surface area contributed by atoms with Crippen molar-refractivity contribution in [2.75, 3.05) is 11.5 Å². The lowest BCUT2D eigenvalue weighted by Crippen LogP contribution is -2.20. The minimum Gasteiger partial charge on any atom is -0.399 e. The number of hydrogen-bond donors (Lipinski definition) is 2. The molecule has 0 unspecified atom stereocenters. The fourth-order valence-corrected chi connectivity index (χ4v) is 2.21. The van der Waals surface area contributed by atoms with E-state index in [-0.39, 0.29) is 5.75 Å². The van der Waals surface area contributed by atoms with Gasteiger partial charge in [0, 0.05) is 12.2 Å². The molecule has 0 fully saturated rings. The summed E-state index contributed by atoms with van der Waals surface area (Å²) in [6.45, 7) is 2.12.